The summed E-state index contributed by atoms with van der Waals surface area (Å²) in [5.41, 5.74) is 3.10. The zero-order chi connectivity index (χ0) is 28.2. The lowest BCUT2D eigenvalue weighted by Crippen LogP contribution is -2.42. The van der Waals surface area contributed by atoms with E-state index in [2.05, 4.69) is 9.62 Å². The fourth-order valence-electron chi connectivity index (χ4n) is 4.95. The van der Waals surface area contributed by atoms with E-state index < -0.39 is 34.1 Å². The number of carboxylic acids is 1. The fraction of sp³-hybridized carbons (Fsp3) is 0.407. The topological polar surface area (TPSA) is 107 Å². The normalized spacial score (nSPS) is 17.6. The lowest BCUT2D eigenvalue weighted by molar-refractivity contribution is -0.185. The summed E-state index contributed by atoms with van der Waals surface area (Å²) >= 11 is 0. The largest absolute Gasteiger partial charge is 0.480 e. The van der Waals surface area contributed by atoms with Gasteiger partial charge in [0.05, 0.1) is 4.90 Å². The summed E-state index contributed by atoms with van der Waals surface area (Å²) in [7, 11) is -4.25. The van der Waals surface area contributed by atoms with Gasteiger partial charge in [0, 0.05) is 32.7 Å². The van der Waals surface area contributed by atoms with Gasteiger partial charge in [0.25, 0.3) is 0 Å². The minimum absolute atomic E-state index is 0.000687. The van der Waals surface area contributed by atoms with E-state index in [-0.39, 0.29) is 37.2 Å². The first-order valence-corrected chi connectivity index (χ1v) is 14.1. The predicted molar refractivity (Wildman–Crippen MR) is 137 cm³/mol. The number of carboxylic acid groups (broad SMARTS) is 1. The van der Waals surface area contributed by atoms with Gasteiger partial charge in [0.15, 0.2) is 0 Å². The molecular weight excluding hydrogens is 535 g/mol. The van der Waals surface area contributed by atoms with Crippen molar-refractivity contribution < 1.29 is 36.3 Å². The maximum atomic E-state index is 13.2. The third-order valence-corrected chi connectivity index (χ3v) is 8.41. The SMILES string of the molecule is O=C(O)[C@H](CC1=CCCN(Cc2ccccc2)C1)NS(=O)(=O)c1ccc2c(c1)CCN(C(=O)C(F)(F)F)CC2. The van der Waals surface area contributed by atoms with Crippen molar-refractivity contribution in [3.63, 3.8) is 0 Å². The molecule has 12 heteroatoms. The van der Waals surface area contributed by atoms with E-state index in [0.29, 0.717) is 29.1 Å². The van der Waals surface area contributed by atoms with Crippen LogP contribution in [0.15, 0.2) is 65.1 Å². The molecule has 0 aliphatic carbocycles. The van der Waals surface area contributed by atoms with Crippen molar-refractivity contribution in [1.29, 1.82) is 0 Å². The first-order valence-electron chi connectivity index (χ1n) is 12.6. The second-order valence-electron chi connectivity index (χ2n) is 9.78. The predicted octanol–water partition coefficient (Wildman–Crippen LogP) is 3.13. The monoisotopic (exact) mass is 565 g/mol. The van der Waals surface area contributed by atoms with Crippen molar-refractivity contribution in [2.75, 3.05) is 26.2 Å². The Morgan fingerprint density at radius 3 is 2.36 bits per heavy atom. The van der Waals surface area contributed by atoms with E-state index in [0.717, 1.165) is 24.1 Å². The fourth-order valence-corrected chi connectivity index (χ4v) is 6.19. The highest BCUT2D eigenvalue weighted by molar-refractivity contribution is 7.89. The molecule has 2 heterocycles. The van der Waals surface area contributed by atoms with Crippen LogP contribution < -0.4 is 4.72 Å². The van der Waals surface area contributed by atoms with Crippen LogP contribution in [0.1, 0.15) is 29.5 Å². The highest BCUT2D eigenvalue weighted by Crippen LogP contribution is 2.25. The number of carbonyl (C=O) groups is 2. The van der Waals surface area contributed by atoms with Gasteiger partial charge in [-0.3, -0.25) is 14.5 Å². The lowest BCUT2D eigenvalue weighted by Gasteiger charge is -2.28. The molecule has 0 saturated heterocycles. The number of hydrogen-bond donors (Lipinski definition) is 2. The number of alkyl halides is 3. The Balaban J connectivity index is 1.43. The van der Waals surface area contributed by atoms with E-state index in [9.17, 15) is 36.3 Å². The van der Waals surface area contributed by atoms with Gasteiger partial charge in [-0.05, 0) is 54.5 Å². The average Bonchev–Trinajstić information content (AvgIpc) is 3.10. The van der Waals surface area contributed by atoms with Crippen LogP contribution in [-0.2, 0) is 39.0 Å². The first-order chi connectivity index (χ1) is 18.4. The van der Waals surface area contributed by atoms with Gasteiger partial charge in [0.2, 0.25) is 10.0 Å². The number of sulfonamides is 1. The highest BCUT2D eigenvalue weighted by Gasteiger charge is 2.42. The summed E-state index contributed by atoms with van der Waals surface area (Å²) in [6.45, 7) is 1.69. The smallest absolute Gasteiger partial charge is 0.471 e. The molecule has 2 aliphatic rings. The number of nitrogens with one attached hydrogen (secondary N) is 1. The van der Waals surface area contributed by atoms with Crippen LogP contribution >= 0.6 is 0 Å². The highest BCUT2D eigenvalue weighted by atomic mass is 32.2. The number of amides is 1. The number of aliphatic carboxylic acids is 1. The molecule has 0 spiro atoms. The van der Waals surface area contributed by atoms with Gasteiger partial charge in [-0.2, -0.15) is 17.9 Å². The zero-order valence-corrected chi connectivity index (χ0v) is 22.0. The summed E-state index contributed by atoms with van der Waals surface area (Å²) in [6, 6.07) is 12.6. The van der Waals surface area contributed by atoms with E-state index in [1.165, 1.54) is 18.2 Å². The molecule has 0 saturated carbocycles. The molecule has 2 aromatic carbocycles. The number of hydrogen-bond acceptors (Lipinski definition) is 5. The van der Waals surface area contributed by atoms with Crippen LogP contribution in [0.2, 0.25) is 0 Å². The van der Waals surface area contributed by atoms with Crippen LogP contribution in [0.25, 0.3) is 0 Å². The molecule has 4 rings (SSSR count). The molecule has 1 amide bonds. The van der Waals surface area contributed by atoms with Crippen molar-refractivity contribution in [1.82, 2.24) is 14.5 Å². The minimum atomic E-state index is -4.98. The van der Waals surface area contributed by atoms with Crippen molar-refractivity contribution in [3.05, 3.63) is 76.9 Å². The maximum Gasteiger partial charge on any atom is 0.471 e. The van der Waals surface area contributed by atoms with Crippen LogP contribution in [0, 0.1) is 0 Å². The maximum absolute atomic E-state index is 13.2. The van der Waals surface area contributed by atoms with Crippen LogP contribution in [-0.4, -0.2) is 73.6 Å². The summed E-state index contributed by atoms with van der Waals surface area (Å²) in [5.74, 6) is -3.23. The lowest BCUT2D eigenvalue weighted by atomic mass is 10.0. The Labute approximate surface area is 225 Å². The zero-order valence-electron chi connectivity index (χ0n) is 21.2. The molecule has 2 aliphatic heterocycles. The molecule has 0 fully saturated rings. The molecule has 0 unspecified atom stereocenters. The Morgan fingerprint density at radius 1 is 1.00 bits per heavy atom. The van der Waals surface area contributed by atoms with E-state index in [1.54, 1.807) is 0 Å². The molecule has 2 N–H and O–H groups in total. The number of benzene rings is 2. The van der Waals surface area contributed by atoms with Gasteiger partial charge in [-0.15, -0.1) is 0 Å². The van der Waals surface area contributed by atoms with Gasteiger partial charge in [-0.25, -0.2) is 8.42 Å². The molecule has 210 valence electrons. The molecule has 39 heavy (non-hydrogen) atoms. The Bertz CT molecular complexity index is 1350. The van der Waals surface area contributed by atoms with E-state index in [4.69, 9.17) is 0 Å². The molecular formula is C27H30F3N3O5S. The molecule has 0 bridgehead atoms. The number of rotatable bonds is 8. The van der Waals surface area contributed by atoms with Crippen LogP contribution in [0.5, 0.6) is 0 Å². The van der Waals surface area contributed by atoms with Crippen molar-refractivity contribution >= 4 is 21.9 Å². The molecule has 2 aromatic rings. The Morgan fingerprint density at radius 2 is 1.69 bits per heavy atom. The summed E-state index contributed by atoms with van der Waals surface area (Å²) in [5, 5.41) is 9.79. The Kier molecular flexibility index (Phi) is 8.77. The Hall–Kier alpha value is -3.22. The van der Waals surface area contributed by atoms with E-state index >= 15 is 0 Å². The van der Waals surface area contributed by atoms with Gasteiger partial charge >= 0.3 is 18.1 Å². The first kappa shape index (κ1) is 28.8. The van der Waals surface area contributed by atoms with E-state index in [1.807, 2.05) is 36.4 Å². The number of carbonyl (C=O) groups excluding carboxylic acids is 1. The minimum Gasteiger partial charge on any atom is -0.480 e. The van der Waals surface area contributed by atoms with Crippen LogP contribution in [0.4, 0.5) is 13.2 Å². The quantitative estimate of drug-likeness (QED) is 0.477. The molecule has 0 aromatic heterocycles. The molecule has 8 nitrogen and oxygen atoms in total. The second-order valence-corrected chi connectivity index (χ2v) is 11.5. The molecule has 1 atom stereocenters. The van der Waals surface area contributed by atoms with Crippen molar-refractivity contribution in [2.24, 2.45) is 0 Å². The number of halogens is 3. The average molecular weight is 566 g/mol. The van der Waals surface area contributed by atoms with Crippen LogP contribution in [0.3, 0.4) is 0 Å². The third kappa shape index (κ3) is 7.46. The number of fused-ring (bicyclic) bond motifs is 1. The summed E-state index contributed by atoms with van der Waals surface area (Å²) < 4.78 is 67.2. The molecule has 0 radical (unpaired) electrons. The van der Waals surface area contributed by atoms with Crippen molar-refractivity contribution in [3.8, 4) is 0 Å². The van der Waals surface area contributed by atoms with Gasteiger partial charge in [-0.1, -0.05) is 48.0 Å². The number of nitrogens with zero attached hydrogens (tertiary/aromatic N) is 2. The summed E-state index contributed by atoms with van der Waals surface area (Å²) in [4.78, 5) is 26.4. The summed E-state index contributed by atoms with van der Waals surface area (Å²) in [6.07, 6.45) is -2.11. The van der Waals surface area contributed by atoms with Gasteiger partial charge < -0.3 is 10.0 Å². The van der Waals surface area contributed by atoms with Crippen molar-refractivity contribution in [2.45, 2.75) is 49.3 Å². The second kappa shape index (κ2) is 11.9. The van der Waals surface area contributed by atoms with Gasteiger partial charge in [0.1, 0.15) is 6.04 Å². The third-order valence-electron chi connectivity index (χ3n) is 6.94. The standard InChI is InChI=1S/C27H30F3N3O5S/c28-27(29,30)26(36)33-13-10-21-8-9-23(16-22(21)11-14-33)39(37,38)31-24(25(34)35)15-20-7-4-12-32(18-20)17-19-5-2-1-3-6-19/h1-3,5-9,16,24,31H,4,10-15,17-18H2,(H,34,35)/t24-/m0/s1.